The number of ether oxygens (including phenoxy) is 2. The minimum absolute atomic E-state index is 0.0169. The summed E-state index contributed by atoms with van der Waals surface area (Å²) >= 11 is 0. The van der Waals surface area contributed by atoms with Gasteiger partial charge in [-0.1, -0.05) is 13.5 Å². The number of hydrogen-bond donors (Lipinski definition) is 0. The summed E-state index contributed by atoms with van der Waals surface area (Å²) in [5.41, 5.74) is 0.454. The summed E-state index contributed by atoms with van der Waals surface area (Å²) in [6.07, 6.45) is 1.94. The number of esters is 1. The average molecular weight is 184 g/mol. The monoisotopic (exact) mass is 184 g/mol. The lowest BCUT2D eigenvalue weighted by atomic mass is 10.1. The van der Waals surface area contributed by atoms with Gasteiger partial charge in [-0.3, -0.25) is 0 Å². The van der Waals surface area contributed by atoms with E-state index in [9.17, 15) is 4.79 Å². The molecule has 0 aromatic carbocycles. The van der Waals surface area contributed by atoms with Crippen LogP contribution in [0.15, 0.2) is 12.2 Å². The number of rotatable bonds is 5. The Morgan fingerprint density at radius 3 is 2.77 bits per heavy atom. The topological polar surface area (TPSA) is 38.8 Å². The first-order valence-electron chi connectivity index (χ1n) is 4.61. The van der Waals surface area contributed by atoms with Gasteiger partial charge in [-0.15, -0.1) is 0 Å². The summed E-state index contributed by atoms with van der Waals surface area (Å²) in [6.45, 7) is 7.99. The van der Waals surface area contributed by atoms with Crippen LogP contribution in [0.4, 0.5) is 0 Å². The Morgan fingerprint density at radius 2 is 2.38 bits per heavy atom. The van der Waals surface area contributed by atoms with Gasteiger partial charge in [0.15, 0.2) is 0 Å². The average Bonchev–Trinajstić information content (AvgIpc) is 2.86. The van der Waals surface area contributed by atoms with Gasteiger partial charge in [0.1, 0.15) is 6.10 Å². The number of epoxide rings is 1. The van der Waals surface area contributed by atoms with Crippen molar-refractivity contribution in [2.24, 2.45) is 0 Å². The fourth-order valence-corrected chi connectivity index (χ4v) is 1.05. The van der Waals surface area contributed by atoms with Gasteiger partial charge in [0, 0.05) is 12.0 Å². The fourth-order valence-electron chi connectivity index (χ4n) is 1.05. The molecule has 1 fully saturated rings. The molecule has 1 rings (SSSR count). The third-order valence-corrected chi connectivity index (χ3v) is 2.01. The molecule has 0 N–H and O–H groups in total. The van der Waals surface area contributed by atoms with Crippen LogP contribution in [0.3, 0.4) is 0 Å². The molecular formula is C10H16O3. The van der Waals surface area contributed by atoms with Gasteiger partial charge in [0.05, 0.1) is 12.7 Å². The van der Waals surface area contributed by atoms with Crippen LogP contribution in [0.25, 0.3) is 0 Å². The zero-order chi connectivity index (χ0) is 9.84. The summed E-state index contributed by atoms with van der Waals surface area (Å²) in [7, 11) is 0. The number of carbonyl (C=O) groups excluding carboxylic acids is 1. The Hall–Kier alpha value is -0.830. The molecule has 1 aliphatic heterocycles. The standard InChI is InChI=1S/C10H16O3/c1-4-8(5-9-6-12-9)13-10(11)7(2)3/h8-9H,2,4-6H2,1,3H3. The molecule has 3 nitrogen and oxygen atoms in total. The van der Waals surface area contributed by atoms with E-state index in [1.54, 1.807) is 6.92 Å². The van der Waals surface area contributed by atoms with E-state index < -0.39 is 0 Å². The summed E-state index contributed by atoms with van der Waals surface area (Å²) < 4.78 is 10.3. The Bertz CT molecular complexity index is 206. The molecule has 13 heavy (non-hydrogen) atoms. The molecule has 0 bridgehead atoms. The van der Waals surface area contributed by atoms with E-state index in [0.717, 1.165) is 19.4 Å². The van der Waals surface area contributed by atoms with Crippen molar-refractivity contribution in [2.75, 3.05) is 6.61 Å². The molecule has 1 heterocycles. The Morgan fingerprint density at radius 1 is 1.77 bits per heavy atom. The molecule has 0 radical (unpaired) electrons. The highest BCUT2D eigenvalue weighted by Crippen LogP contribution is 2.19. The van der Waals surface area contributed by atoms with Crippen LogP contribution < -0.4 is 0 Å². The first kappa shape index (κ1) is 10.3. The van der Waals surface area contributed by atoms with Gasteiger partial charge >= 0.3 is 5.97 Å². The Kier molecular flexibility index (Phi) is 3.48. The van der Waals surface area contributed by atoms with Gasteiger partial charge in [0.25, 0.3) is 0 Å². The highest BCUT2D eigenvalue weighted by Gasteiger charge is 2.27. The maximum Gasteiger partial charge on any atom is 0.333 e. The largest absolute Gasteiger partial charge is 0.459 e. The van der Waals surface area contributed by atoms with Crippen LogP contribution >= 0.6 is 0 Å². The first-order valence-corrected chi connectivity index (χ1v) is 4.61. The van der Waals surface area contributed by atoms with Crippen LogP contribution in [0.2, 0.25) is 0 Å². The second kappa shape index (κ2) is 4.42. The third kappa shape index (κ3) is 3.59. The van der Waals surface area contributed by atoms with Crippen molar-refractivity contribution in [1.29, 1.82) is 0 Å². The van der Waals surface area contributed by atoms with Crippen LogP contribution in [0.1, 0.15) is 26.7 Å². The van der Waals surface area contributed by atoms with E-state index >= 15 is 0 Å². The van der Waals surface area contributed by atoms with Crippen LogP contribution in [0.5, 0.6) is 0 Å². The maximum atomic E-state index is 11.2. The summed E-state index contributed by atoms with van der Waals surface area (Å²) in [6, 6.07) is 0. The lowest BCUT2D eigenvalue weighted by Gasteiger charge is -2.14. The molecule has 1 saturated heterocycles. The molecule has 3 heteroatoms. The van der Waals surface area contributed by atoms with Crippen molar-refractivity contribution >= 4 is 5.97 Å². The highest BCUT2D eigenvalue weighted by atomic mass is 16.6. The van der Waals surface area contributed by atoms with Crippen molar-refractivity contribution in [3.8, 4) is 0 Å². The van der Waals surface area contributed by atoms with Gasteiger partial charge in [0.2, 0.25) is 0 Å². The molecule has 74 valence electrons. The van der Waals surface area contributed by atoms with Crippen molar-refractivity contribution < 1.29 is 14.3 Å². The van der Waals surface area contributed by atoms with Gasteiger partial charge < -0.3 is 9.47 Å². The normalized spacial score (nSPS) is 22.2. The van der Waals surface area contributed by atoms with Crippen LogP contribution in [-0.2, 0) is 14.3 Å². The SMILES string of the molecule is C=C(C)C(=O)OC(CC)CC1CO1. The molecule has 2 atom stereocenters. The molecule has 0 aliphatic carbocycles. The minimum Gasteiger partial charge on any atom is -0.459 e. The van der Waals surface area contributed by atoms with Crippen molar-refractivity contribution in [3.63, 3.8) is 0 Å². The third-order valence-electron chi connectivity index (χ3n) is 2.01. The van der Waals surface area contributed by atoms with E-state index in [1.165, 1.54) is 0 Å². The predicted molar refractivity (Wildman–Crippen MR) is 49.3 cm³/mol. The second-order valence-electron chi connectivity index (χ2n) is 3.41. The second-order valence-corrected chi connectivity index (χ2v) is 3.41. The molecule has 0 aromatic rings. The molecule has 0 spiro atoms. The van der Waals surface area contributed by atoms with Crippen LogP contribution in [-0.4, -0.2) is 24.8 Å². The number of hydrogen-bond acceptors (Lipinski definition) is 3. The molecule has 1 aliphatic rings. The van der Waals surface area contributed by atoms with Gasteiger partial charge in [-0.05, 0) is 13.3 Å². The summed E-state index contributed by atoms with van der Waals surface area (Å²) in [5.74, 6) is -0.299. The van der Waals surface area contributed by atoms with E-state index in [-0.39, 0.29) is 12.1 Å². The van der Waals surface area contributed by atoms with Crippen LogP contribution in [0, 0.1) is 0 Å². The Labute approximate surface area is 78.7 Å². The molecular weight excluding hydrogens is 168 g/mol. The zero-order valence-corrected chi connectivity index (χ0v) is 8.21. The van der Waals surface area contributed by atoms with Crippen molar-refractivity contribution in [2.45, 2.75) is 38.9 Å². The van der Waals surface area contributed by atoms with Gasteiger partial charge in [-0.2, -0.15) is 0 Å². The smallest absolute Gasteiger partial charge is 0.333 e. The number of carbonyl (C=O) groups is 1. The fraction of sp³-hybridized carbons (Fsp3) is 0.700. The maximum absolute atomic E-state index is 11.2. The lowest BCUT2D eigenvalue weighted by molar-refractivity contribution is -0.144. The highest BCUT2D eigenvalue weighted by molar-refractivity contribution is 5.87. The molecule has 2 unspecified atom stereocenters. The molecule has 0 amide bonds. The van der Waals surface area contributed by atoms with E-state index in [2.05, 4.69) is 6.58 Å². The predicted octanol–water partition coefficient (Wildman–Crippen LogP) is 1.67. The lowest BCUT2D eigenvalue weighted by Crippen LogP contribution is -2.19. The summed E-state index contributed by atoms with van der Waals surface area (Å²) in [4.78, 5) is 11.2. The minimum atomic E-state index is -0.299. The van der Waals surface area contributed by atoms with Crippen molar-refractivity contribution in [3.05, 3.63) is 12.2 Å². The molecule has 0 saturated carbocycles. The van der Waals surface area contributed by atoms with E-state index in [0.29, 0.717) is 11.7 Å². The first-order chi connectivity index (χ1) is 6.13. The van der Waals surface area contributed by atoms with E-state index in [4.69, 9.17) is 9.47 Å². The Balaban J connectivity index is 2.29. The van der Waals surface area contributed by atoms with Crippen molar-refractivity contribution in [1.82, 2.24) is 0 Å². The summed E-state index contributed by atoms with van der Waals surface area (Å²) in [5, 5.41) is 0. The van der Waals surface area contributed by atoms with E-state index in [1.807, 2.05) is 6.92 Å². The quantitative estimate of drug-likeness (QED) is 0.370. The van der Waals surface area contributed by atoms with Gasteiger partial charge in [-0.25, -0.2) is 4.79 Å². The molecule has 0 aromatic heterocycles. The zero-order valence-electron chi connectivity index (χ0n) is 8.21.